The molecule has 5 heteroatoms. The Balaban J connectivity index is 2.39. The highest BCUT2D eigenvalue weighted by molar-refractivity contribution is 7.92. The molecule has 0 aliphatic carbocycles. The molecule has 94 valence electrons. The Labute approximate surface area is 102 Å². The number of benzene rings is 1. The predicted molar refractivity (Wildman–Crippen MR) is 66.7 cm³/mol. The Hall–Kier alpha value is -1.07. The summed E-state index contributed by atoms with van der Waals surface area (Å²) in [6.07, 6.45) is 0. The van der Waals surface area contributed by atoms with Crippen molar-refractivity contribution in [3.05, 3.63) is 29.8 Å². The van der Waals surface area contributed by atoms with Crippen molar-refractivity contribution in [1.29, 1.82) is 0 Å². The van der Waals surface area contributed by atoms with Crippen LogP contribution in [0.15, 0.2) is 24.3 Å². The van der Waals surface area contributed by atoms with E-state index in [2.05, 4.69) is 0 Å². The summed E-state index contributed by atoms with van der Waals surface area (Å²) in [6, 6.07) is 6.82. The summed E-state index contributed by atoms with van der Waals surface area (Å²) in [6.45, 7) is 3.48. The molecule has 2 rings (SSSR count). The van der Waals surface area contributed by atoms with Crippen molar-refractivity contribution in [3.8, 4) is 5.75 Å². The summed E-state index contributed by atoms with van der Waals surface area (Å²) in [5, 5.41) is -1.09. The van der Waals surface area contributed by atoms with Gasteiger partial charge in [-0.3, -0.25) is 0 Å². The molecule has 2 atom stereocenters. The van der Waals surface area contributed by atoms with Crippen molar-refractivity contribution in [2.24, 2.45) is 5.73 Å². The molecule has 0 saturated carbocycles. The molecule has 1 aromatic rings. The van der Waals surface area contributed by atoms with Crippen molar-refractivity contribution < 1.29 is 13.2 Å². The van der Waals surface area contributed by atoms with Crippen molar-refractivity contribution in [3.63, 3.8) is 0 Å². The van der Waals surface area contributed by atoms with Crippen molar-refractivity contribution in [1.82, 2.24) is 0 Å². The van der Waals surface area contributed by atoms with Crippen LogP contribution in [0.5, 0.6) is 5.75 Å². The Kier molecular flexibility index (Phi) is 3.14. The van der Waals surface area contributed by atoms with Crippen LogP contribution < -0.4 is 10.5 Å². The van der Waals surface area contributed by atoms with Crippen LogP contribution in [0.3, 0.4) is 0 Å². The molecular weight excluding hydrogens is 238 g/mol. The predicted octanol–water partition coefficient (Wildman–Crippen LogP) is 1.27. The maximum atomic E-state index is 12.1. The van der Waals surface area contributed by atoms with Crippen LogP contribution in [-0.2, 0) is 9.84 Å². The fourth-order valence-corrected chi connectivity index (χ4v) is 3.52. The second-order valence-corrected chi connectivity index (χ2v) is 7.28. The van der Waals surface area contributed by atoms with Gasteiger partial charge in [0, 0.05) is 5.56 Å². The quantitative estimate of drug-likeness (QED) is 0.864. The zero-order valence-electron chi connectivity index (χ0n) is 9.96. The SMILES string of the molecule is CC(C)S(=O)(=O)C1COc2ccccc2C1N. The highest BCUT2D eigenvalue weighted by Crippen LogP contribution is 2.34. The first kappa shape index (κ1) is 12.4. The van der Waals surface area contributed by atoms with E-state index in [4.69, 9.17) is 10.5 Å². The number of hydrogen-bond acceptors (Lipinski definition) is 4. The molecule has 0 spiro atoms. The Morgan fingerprint density at radius 1 is 1.35 bits per heavy atom. The van der Waals surface area contributed by atoms with Gasteiger partial charge < -0.3 is 10.5 Å². The average molecular weight is 255 g/mol. The van der Waals surface area contributed by atoms with Gasteiger partial charge in [-0.25, -0.2) is 8.42 Å². The minimum Gasteiger partial charge on any atom is -0.492 e. The van der Waals surface area contributed by atoms with Gasteiger partial charge in [0.1, 0.15) is 17.6 Å². The molecule has 0 saturated heterocycles. The van der Waals surface area contributed by atoms with E-state index in [0.717, 1.165) is 5.56 Å². The Morgan fingerprint density at radius 2 is 2.00 bits per heavy atom. The van der Waals surface area contributed by atoms with Gasteiger partial charge in [-0.2, -0.15) is 0 Å². The van der Waals surface area contributed by atoms with Crippen molar-refractivity contribution in [2.75, 3.05) is 6.61 Å². The van der Waals surface area contributed by atoms with Crippen LogP contribution in [0.1, 0.15) is 25.5 Å². The van der Waals surface area contributed by atoms with E-state index >= 15 is 0 Å². The molecule has 1 aliphatic heterocycles. The molecule has 1 heterocycles. The van der Waals surface area contributed by atoms with Crippen molar-refractivity contribution >= 4 is 9.84 Å². The summed E-state index contributed by atoms with van der Waals surface area (Å²) in [4.78, 5) is 0. The third-order valence-corrected chi connectivity index (χ3v) is 5.75. The minimum absolute atomic E-state index is 0.138. The number of fused-ring (bicyclic) bond motifs is 1. The van der Waals surface area contributed by atoms with Gasteiger partial charge in [0.25, 0.3) is 0 Å². The largest absolute Gasteiger partial charge is 0.492 e. The Morgan fingerprint density at radius 3 is 2.65 bits per heavy atom. The first-order valence-corrected chi connectivity index (χ1v) is 7.25. The van der Waals surface area contributed by atoms with Crippen LogP contribution in [0.25, 0.3) is 0 Å². The average Bonchev–Trinajstić information content (AvgIpc) is 2.29. The van der Waals surface area contributed by atoms with E-state index in [9.17, 15) is 8.42 Å². The fraction of sp³-hybridized carbons (Fsp3) is 0.500. The molecule has 2 unspecified atom stereocenters. The maximum Gasteiger partial charge on any atom is 0.160 e. The third kappa shape index (κ3) is 2.05. The molecule has 1 aliphatic rings. The number of hydrogen-bond donors (Lipinski definition) is 1. The second kappa shape index (κ2) is 4.31. The van der Waals surface area contributed by atoms with Gasteiger partial charge in [0.2, 0.25) is 0 Å². The second-order valence-electron chi connectivity index (χ2n) is 4.55. The van der Waals surface area contributed by atoms with Gasteiger partial charge in [-0.05, 0) is 19.9 Å². The molecule has 0 aromatic heterocycles. The third-order valence-electron chi connectivity index (χ3n) is 3.16. The minimum atomic E-state index is -3.24. The summed E-state index contributed by atoms with van der Waals surface area (Å²) < 4.78 is 29.8. The van der Waals surface area contributed by atoms with Crippen LogP contribution in [0, 0.1) is 0 Å². The van der Waals surface area contributed by atoms with Gasteiger partial charge in [-0.15, -0.1) is 0 Å². The lowest BCUT2D eigenvalue weighted by atomic mass is 10.0. The monoisotopic (exact) mass is 255 g/mol. The lowest BCUT2D eigenvalue weighted by molar-refractivity contribution is 0.269. The zero-order chi connectivity index (χ0) is 12.6. The number of para-hydroxylation sites is 1. The normalized spacial score (nSPS) is 24.2. The molecule has 0 radical (unpaired) electrons. The summed E-state index contributed by atoms with van der Waals surface area (Å²) in [5.41, 5.74) is 6.83. The van der Waals surface area contributed by atoms with Crippen LogP contribution in [0.4, 0.5) is 0 Å². The van der Waals surface area contributed by atoms with E-state index in [1.807, 2.05) is 24.3 Å². The van der Waals surface area contributed by atoms with Crippen molar-refractivity contribution in [2.45, 2.75) is 30.4 Å². The van der Waals surface area contributed by atoms with Crippen LogP contribution in [0.2, 0.25) is 0 Å². The van der Waals surface area contributed by atoms with Crippen LogP contribution in [-0.4, -0.2) is 25.5 Å². The number of ether oxygens (including phenoxy) is 1. The van der Waals surface area contributed by atoms with E-state index in [-0.39, 0.29) is 6.61 Å². The molecule has 0 fully saturated rings. The summed E-state index contributed by atoms with van der Waals surface area (Å²) >= 11 is 0. The lowest BCUT2D eigenvalue weighted by Gasteiger charge is -2.31. The first-order valence-electron chi connectivity index (χ1n) is 5.64. The smallest absolute Gasteiger partial charge is 0.160 e. The molecule has 0 amide bonds. The highest BCUT2D eigenvalue weighted by Gasteiger charge is 2.38. The number of rotatable bonds is 2. The van der Waals surface area contributed by atoms with Gasteiger partial charge in [0.15, 0.2) is 9.84 Å². The van der Waals surface area contributed by atoms with Gasteiger partial charge >= 0.3 is 0 Å². The molecule has 1 aromatic carbocycles. The molecule has 17 heavy (non-hydrogen) atoms. The topological polar surface area (TPSA) is 69.4 Å². The van der Waals surface area contributed by atoms with E-state index in [0.29, 0.717) is 5.75 Å². The van der Waals surface area contributed by atoms with Gasteiger partial charge in [0.05, 0.1) is 11.3 Å². The van der Waals surface area contributed by atoms with E-state index in [1.165, 1.54) is 0 Å². The summed E-state index contributed by atoms with van der Waals surface area (Å²) in [7, 11) is -3.24. The lowest BCUT2D eigenvalue weighted by Crippen LogP contribution is -2.44. The maximum absolute atomic E-state index is 12.1. The van der Waals surface area contributed by atoms with Crippen LogP contribution >= 0.6 is 0 Å². The van der Waals surface area contributed by atoms with E-state index < -0.39 is 26.4 Å². The fourth-order valence-electron chi connectivity index (χ4n) is 2.01. The molecular formula is C12H17NO3S. The molecule has 0 bridgehead atoms. The highest BCUT2D eigenvalue weighted by atomic mass is 32.2. The number of sulfone groups is 1. The molecule has 2 N–H and O–H groups in total. The van der Waals surface area contributed by atoms with E-state index in [1.54, 1.807) is 13.8 Å². The zero-order valence-corrected chi connectivity index (χ0v) is 10.8. The first-order chi connectivity index (χ1) is 7.94. The summed E-state index contributed by atoms with van der Waals surface area (Å²) in [5.74, 6) is 0.690. The Bertz CT molecular complexity index is 510. The number of nitrogens with two attached hydrogens (primary N) is 1. The standard InChI is InChI=1S/C12H17NO3S/c1-8(2)17(14,15)11-7-16-10-6-4-3-5-9(10)12(11)13/h3-6,8,11-12H,7,13H2,1-2H3. The molecule has 4 nitrogen and oxygen atoms in total. The van der Waals surface area contributed by atoms with Gasteiger partial charge in [-0.1, -0.05) is 18.2 Å².